The third kappa shape index (κ3) is 2.92. The molecule has 0 aliphatic carbocycles. The molecule has 22 heavy (non-hydrogen) atoms. The molecule has 1 aliphatic heterocycles. The zero-order valence-electron chi connectivity index (χ0n) is 11.7. The first-order valence-corrected chi connectivity index (χ1v) is 7.03. The largest absolute Gasteiger partial charge is 0.482 e. The van der Waals surface area contributed by atoms with Crippen LogP contribution in [0, 0.1) is 0 Å². The van der Waals surface area contributed by atoms with Gasteiger partial charge < -0.3 is 19.8 Å². The van der Waals surface area contributed by atoms with Gasteiger partial charge in [0.05, 0.1) is 11.7 Å². The number of nitrogens with one attached hydrogen (secondary N) is 2. The van der Waals surface area contributed by atoms with Crippen LogP contribution in [0.15, 0.2) is 34.7 Å². The number of ether oxygens (including phenoxy) is 1. The highest BCUT2D eigenvalue weighted by atomic mass is 35.5. The number of amides is 2. The zero-order valence-corrected chi connectivity index (χ0v) is 12.4. The fourth-order valence-electron chi connectivity index (χ4n) is 2.16. The van der Waals surface area contributed by atoms with Gasteiger partial charge in [0.1, 0.15) is 5.75 Å². The van der Waals surface area contributed by atoms with Crippen molar-refractivity contribution < 1.29 is 18.7 Å². The van der Waals surface area contributed by atoms with Gasteiger partial charge in [0, 0.05) is 0 Å². The Kier molecular flexibility index (Phi) is 3.77. The summed E-state index contributed by atoms with van der Waals surface area (Å²) < 4.78 is 10.4. The normalized spacial score (nSPS) is 14.5. The first kappa shape index (κ1) is 14.5. The van der Waals surface area contributed by atoms with E-state index in [1.807, 2.05) is 13.0 Å². The molecule has 0 fully saturated rings. The van der Waals surface area contributed by atoms with Crippen molar-refractivity contribution in [2.45, 2.75) is 13.0 Å². The average Bonchev–Trinajstić information content (AvgIpc) is 2.93. The predicted octanol–water partition coefficient (Wildman–Crippen LogP) is 2.75. The number of benzene rings is 1. The van der Waals surface area contributed by atoms with Crippen LogP contribution in [0.1, 0.15) is 29.1 Å². The molecule has 6 nitrogen and oxygen atoms in total. The Bertz CT molecular complexity index is 741. The van der Waals surface area contributed by atoms with Crippen LogP contribution in [-0.2, 0) is 4.79 Å². The van der Waals surface area contributed by atoms with Gasteiger partial charge in [0.2, 0.25) is 0 Å². The second-order valence-electron chi connectivity index (χ2n) is 4.89. The van der Waals surface area contributed by atoms with Crippen LogP contribution in [0.5, 0.6) is 5.75 Å². The SMILES string of the molecule is C[C@@H](NC(=O)c1ccc(Cl)o1)c1ccc2c(c1)NC(=O)CO2. The molecule has 0 unspecified atom stereocenters. The summed E-state index contributed by atoms with van der Waals surface area (Å²) in [6.45, 7) is 1.84. The van der Waals surface area contributed by atoms with Crippen LogP contribution in [-0.4, -0.2) is 18.4 Å². The van der Waals surface area contributed by atoms with Crippen molar-refractivity contribution >= 4 is 29.1 Å². The average molecular weight is 321 g/mol. The monoisotopic (exact) mass is 320 g/mol. The lowest BCUT2D eigenvalue weighted by Crippen LogP contribution is -2.28. The molecule has 0 saturated heterocycles. The molecule has 1 aliphatic rings. The maximum atomic E-state index is 12.0. The van der Waals surface area contributed by atoms with Crippen LogP contribution in [0.2, 0.25) is 5.22 Å². The number of fused-ring (bicyclic) bond motifs is 1. The Labute approximate surface area is 131 Å². The number of carbonyl (C=O) groups excluding carboxylic acids is 2. The summed E-state index contributed by atoms with van der Waals surface area (Å²) in [6, 6.07) is 8.10. The molecule has 2 amide bonds. The van der Waals surface area contributed by atoms with Crippen molar-refractivity contribution in [1.29, 1.82) is 0 Å². The fourth-order valence-corrected chi connectivity index (χ4v) is 2.30. The van der Waals surface area contributed by atoms with Gasteiger partial charge in [0.25, 0.3) is 11.8 Å². The molecule has 0 saturated carbocycles. The summed E-state index contributed by atoms with van der Waals surface area (Å²) in [4.78, 5) is 23.4. The molecule has 1 aromatic carbocycles. The zero-order chi connectivity index (χ0) is 15.7. The van der Waals surface area contributed by atoms with E-state index >= 15 is 0 Å². The van der Waals surface area contributed by atoms with E-state index in [0.717, 1.165) is 5.56 Å². The van der Waals surface area contributed by atoms with Crippen molar-refractivity contribution in [1.82, 2.24) is 5.32 Å². The Morgan fingerprint density at radius 2 is 2.18 bits per heavy atom. The minimum absolute atomic E-state index is 0.0118. The first-order valence-electron chi connectivity index (χ1n) is 6.66. The van der Waals surface area contributed by atoms with Gasteiger partial charge >= 0.3 is 0 Å². The van der Waals surface area contributed by atoms with Crippen molar-refractivity contribution in [3.63, 3.8) is 0 Å². The van der Waals surface area contributed by atoms with Gasteiger partial charge in [0.15, 0.2) is 17.6 Å². The molecule has 0 bridgehead atoms. The highest BCUT2D eigenvalue weighted by molar-refractivity contribution is 6.29. The molecule has 0 radical (unpaired) electrons. The molecule has 1 atom stereocenters. The van der Waals surface area contributed by atoms with E-state index in [1.165, 1.54) is 12.1 Å². The van der Waals surface area contributed by atoms with E-state index in [2.05, 4.69) is 10.6 Å². The summed E-state index contributed by atoms with van der Waals surface area (Å²) in [7, 11) is 0. The molecule has 7 heteroatoms. The number of hydrogen-bond donors (Lipinski definition) is 2. The van der Waals surface area contributed by atoms with Crippen molar-refractivity contribution in [2.75, 3.05) is 11.9 Å². The maximum absolute atomic E-state index is 12.0. The maximum Gasteiger partial charge on any atom is 0.287 e. The predicted molar refractivity (Wildman–Crippen MR) is 80.2 cm³/mol. The molecule has 1 aromatic heterocycles. The molecule has 3 rings (SSSR count). The highest BCUT2D eigenvalue weighted by Gasteiger charge is 2.19. The lowest BCUT2D eigenvalue weighted by atomic mass is 10.1. The number of rotatable bonds is 3. The number of furan rings is 1. The summed E-state index contributed by atoms with van der Waals surface area (Å²) in [5, 5.41) is 5.69. The van der Waals surface area contributed by atoms with E-state index in [0.29, 0.717) is 11.4 Å². The summed E-state index contributed by atoms with van der Waals surface area (Å²) >= 11 is 5.65. The third-order valence-electron chi connectivity index (χ3n) is 3.28. The second kappa shape index (κ2) is 5.73. The van der Waals surface area contributed by atoms with E-state index in [1.54, 1.807) is 12.1 Å². The minimum Gasteiger partial charge on any atom is -0.482 e. The fraction of sp³-hybridized carbons (Fsp3) is 0.200. The van der Waals surface area contributed by atoms with Gasteiger partial charge in [-0.1, -0.05) is 6.07 Å². The molecule has 2 aromatic rings. The highest BCUT2D eigenvalue weighted by Crippen LogP contribution is 2.30. The number of carbonyl (C=O) groups is 2. The molecule has 114 valence electrons. The molecule has 2 heterocycles. The van der Waals surface area contributed by atoms with Crippen LogP contribution in [0.25, 0.3) is 0 Å². The van der Waals surface area contributed by atoms with Crippen LogP contribution >= 0.6 is 11.6 Å². The number of anilines is 1. The molecule has 2 N–H and O–H groups in total. The topological polar surface area (TPSA) is 80.6 Å². The first-order chi connectivity index (χ1) is 10.5. The van der Waals surface area contributed by atoms with Gasteiger partial charge in [-0.05, 0) is 48.4 Å². The molecular weight excluding hydrogens is 308 g/mol. The Morgan fingerprint density at radius 1 is 1.36 bits per heavy atom. The Balaban J connectivity index is 1.75. The minimum atomic E-state index is -0.364. The smallest absolute Gasteiger partial charge is 0.287 e. The third-order valence-corrected chi connectivity index (χ3v) is 3.48. The van der Waals surface area contributed by atoms with Crippen molar-refractivity contribution in [3.05, 3.63) is 46.9 Å². The molecular formula is C15H13ClN2O4. The number of halogens is 1. The lowest BCUT2D eigenvalue weighted by Gasteiger charge is -2.20. The summed E-state index contributed by atoms with van der Waals surface area (Å²) in [5.41, 5.74) is 1.42. The van der Waals surface area contributed by atoms with E-state index in [4.69, 9.17) is 20.8 Å². The standard InChI is InChI=1S/C15H13ClN2O4/c1-8(17-15(20)12-4-5-13(16)22-12)9-2-3-11-10(6-9)18-14(19)7-21-11/h2-6,8H,7H2,1H3,(H,17,20)(H,18,19)/t8-/m1/s1. The van der Waals surface area contributed by atoms with E-state index in [9.17, 15) is 9.59 Å². The Hall–Kier alpha value is -2.47. The molecule has 0 spiro atoms. The number of hydrogen-bond acceptors (Lipinski definition) is 4. The van der Waals surface area contributed by atoms with Crippen molar-refractivity contribution in [3.8, 4) is 5.75 Å². The van der Waals surface area contributed by atoms with Gasteiger partial charge in [-0.3, -0.25) is 9.59 Å². The van der Waals surface area contributed by atoms with E-state index < -0.39 is 0 Å². The van der Waals surface area contributed by atoms with Gasteiger partial charge in [-0.2, -0.15) is 0 Å². The van der Waals surface area contributed by atoms with Crippen LogP contribution in [0.4, 0.5) is 5.69 Å². The Morgan fingerprint density at radius 3 is 2.91 bits per heavy atom. The van der Waals surface area contributed by atoms with Gasteiger partial charge in [-0.25, -0.2) is 0 Å². The van der Waals surface area contributed by atoms with Crippen LogP contribution in [0.3, 0.4) is 0 Å². The summed E-state index contributed by atoms with van der Waals surface area (Å²) in [5.74, 6) is 0.190. The van der Waals surface area contributed by atoms with Crippen molar-refractivity contribution in [2.24, 2.45) is 0 Å². The second-order valence-corrected chi connectivity index (χ2v) is 5.26. The van der Waals surface area contributed by atoms with E-state index in [-0.39, 0.29) is 35.4 Å². The van der Waals surface area contributed by atoms with Gasteiger partial charge in [-0.15, -0.1) is 0 Å². The quantitative estimate of drug-likeness (QED) is 0.911. The summed E-state index contributed by atoms with van der Waals surface area (Å²) in [6.07, 6.45) is 0. The van der Waals surface area contributed by atoms with Crippen LogP contribution < -0.4 is 15.4 Å². The lowest BCUT2D eigenvalue weighted by molar-refractivity contribution is -0.118.